The van der Waals surface area contributed by atoms with Gasteiger partial charge in [0.15, 0.2) is 0 Å². The summed E-state index contributed by atoms with van der Waals surface area (Å²) in [7, 11) is 1.39. The van der Waals surface area contributed by atoms with E-state index >= 15 is 0 Å². The van der Waals surface area contributed by atoms with Crippen molar-refractivity contribution in [2.45, 2.75) is 19.8 Å². The zero-order valence-electron chi connectivity index (χ0n) is 12.9. The van der Waals surface area contributed by atoms with Crippen LogP contribution in [0, 0.1) is 23.7 Å². The molecule has 2 bridgehead atoms. The summed E-state index contributed by atoms with van der Waals surface area (Å²) < 4.78 is 4.89. The molecule has 1 fully saturated rings. The third-order valence-corrected chi connectivity index (χ3v) is 4.87. The zero-order chi connectivity index (χ0) is 15.7. The molecule has 0 aliphatic heterocycles. The second-order valence-corrected chi connectivity index (χ2v) is 6.06. The van der Waals surface area contributed by atoms with Crippen LogP contribution in [0.2, 0.25) is 0 Å². The number of nitrogens with one attached hydrogen (secondary N) is 1. The molecular formula is C18H21NO3. The van der Waals surface area contributed by atoms with Crippen molar-refractivity contribution in [1.82, 2.24) is 0 Å². The van der Waals surface area contributed by atoms with Gasteiger partial charge in [0.25, 0.3) is 0 Å². The zero-order valence-corrected chi connectivity index (χ0v) is 12.9. The second kappa shape index (κ2) is 5.95. The molecule has 0 saturated heterocycles. The Balaban J connectivity index is 1.75. The summed E-state index contributed by atoms with van der Waals surface area (Å²) in [6, 6.07) is 7.84. The van der Waals surface area contributed by atoms with Gasteiger partial charge in [0.1, 0.15) is 0 Å². The van der Waals surface area contributed by atoms with Gasteiger partial charge in [0.2, 0.25) is 5.91 Å². The van der Waals surface area contributed by atoms with Crippen LogP contribution in [0.3, 0.4) is 0 Å². The smallest absolute Gasteiger partial charge is 0.310 e. The monoisotopic (exact) mass is 299 g/mol. The maximum absolute atomic E-state index is 12.6. The van der Waals surface area contributed by atoms with Gasteiger partial charge < -0.3 is 10.1 Å². The number of hydrogen-bond donors (Lipinski definition) is 1. The molecule has 0 radical (unpaired) electrons. The average molecular weight is 299 g/mol. The van der Waals surface area contributed by atoms with Crippen LogP contribution in [0.1, 0.15) is 18.9 Å². The molecule has 4 atom stereocenters. The summed E-state index contributed by atoms with van der Waals surface area (Å²) >= 11 is 0. The summed E-state index contributed by atoms with van der Waals surface area (Å²) in [6.45, 7) is 2.09. The second-order valence-electron chi connectivity index (χ2n) is 6.06. The molecule has 4 heteroatoms. The van der Waals surface area contributed by atoms with Gasteiger partial charge in [0.05, 0.1) is 18.9 Å². The van der Waals surface area contributed by atoms with Gasteiger partial charge in [-0.05, 0) is 42.4 Å². The summed E-state index contributed by atoms with van der Waals surface area (Å²) in [4.78, 5) is 24.7. The molecule has 4 nitrogen and oxygen atoms in total. The lowest BCUT2D eigenvalue weighted by Crippen LogP contribution is -2.37. The summed E-state index contributed by atoms with van der Waals surface area (Å²) in [5.41, 5.74) is 2.01. The Morgan fingerprint density at radius 2 is 1.77 bits per heavy atom. The highest BCUT2D eigenvalue weighted by molar-refractivity contribution is 5.96. The minimum Gasteiger partial charge on any atom is -0.469 e. The van der Waals surface area contributed by atoms with Crippen molar-refractivity contribution in [2.75, 3.05) is 12.4 Å². The standard InChI is InChI=1S/C18H21NO3/c1-3-11-4-8-14(9-5-11)19-17(20)15-12-6-7-13(10-12)16(15)18(21)22-2/h4-9,12-13,15-16H,3,10H2,1-2H3,(H,19,20)/t12-,13+,15-,16+/m1/s1. The van der Waals surface area contributed by atoms with Crippen molar-refractivity contribution >= 4 is 17.6 Å². The van der Waals surface area contributed by atoms with E-state index in [0.717, 1.165) is 18.5 Å². The lowest BCUT2D eigenvalue weighted by Gasteiger charge is -2.25. The van der Waals surface area contributed by atoms with E-state index in [0.29, 0.717) is 0 Å². The van der Waals surface area contributed by atoms with Crippen molar-refractivity contribution in [3.63, 3.8) is 0 Å². The molecule has 22 heavy (non-hydrogen) atoms. The first-order valence-electron chi connectivity index (χ1n) is 7.80. The molecule has 2 aliphatic rings. The van der Waals surface area contributed by atoms with E-state index in [2.05, 4.69) is 18.3 Å². The third kappa shape index (κ3) is 2.54. The largest absolute Gasteiger partial charge is 0.469 e. The molecule has 1 aromatic carbocycles. The predicted molar refractivity (Wildman–Crippen MR) is 84.2 cm³/mol. The lowest BCUT2D eigenvalue weighted by atomic mass is 9.82. The Labute approximate surface area is 130 Å². The number of carbonyl (C=O) groups excluding carboxylic acids is 2. The Morgan fingerprint density at radius 3 is 2.36 bits per heavy atom. The quantitative estimate of drug-likeness (QED) is 0.687. The number of fused-ring (bicyclic) bond motifs is 2. The lowest BCUT2D eigenvalue weighted by molar-refractivity contribution is -0.150. The number of benzene rings is 1. The number of rotatable bonds is 4. The number of esters is 1. The van der Waals surface area contributed by atoms with Crippen LogP contribution in [0.15, 0.2) is 36.4 Å². The molecule has 1 amide bonds. The highest BCUT2D eigenvalue weighted by atomic mass is 16.5. The van der Waals surface area contributed by atoms with E-state index in [1.54, 1.807) is 0 Å². The van der Waals surface area contributed by atoms with Crippen molar-refractivity contribution in [3.8, 4) is 0 Å². The highest BCUT2D eigenvalue weighted by Crippen LogP contribution is 2.48. The van der Waals surface area contributed by atoms with Crippen molar-refractivity contribution in [2.24, 2.45) is 23.7 Å². The predicted octanol–water partition coefficient (Wildman–Crippen LogP) is 2.80. The first-order chi connectivity index (χ1) is 10.6. The Hall–Kier alpha value is -2.10. The molecule has 0 spiro atoms. The van der Waals surface area contributed by atoms with Gasteiger partial charge >= 0.3 is 5.97 Å². The first-order valence-corrected chi connectivity index (χ1v) is 7.80. The third-order valence-electron chi connectivity index (χ3n) is 4.87. The number of amides is 1. The number of allylic oxidation sites excluding steroid dienone is 2. The maximum atomic E-state index is 12.6. The van der Waals surface area contributed by atoms with E-state index in [1.165, 1.54) is 12.7 Å². The molecule has 0 unspecified atom stereocenters. The molecule has 0 heterocycles. The average Bonchev–Trinajstić information content (AvgIpc) is 3.15. The van der Waals surface area contributed by atoms with Crippen LogP contribution < -0.4 is 5.32 Å². The Morgan fingerprint density at radius 1 is 1.14 bits per heavy atom. The van der Waals surface area contributed by atoms with Crippen LogP contribution >= 0.6 is 0 Å². The molecule has 1 saturated carbocycles. The van der Waals surface area contributed by atoms with Crippen LogP contribution in [-0.4, -0.2) is 19.0 Å². The first kappa shape index (κ1) is 14.8. The van der Waals surface area contributed by atoms with Gasteiger partial charge in [-0.2, -0.15) is 0 Å². The number of carbonyl (C=O) groups is 2. The van der Waals surface area contributed by atoms with Gasteiger partial charge in [-0.3, -0.25) is 9.59 Å². The molecule has 3 rings (SSSR count). The molecule has 1 aromatic rings. The van der Waals surface area contributed by atoms with Crippen LogP contribution in [-0.2, 0) is 20.7 Å². The van der Waals surface area contributed by atoms with Gasteiger partial charge in [0, 0.05) is 5.69 Å². The molecular weight excluding hydrogens is 278 g/mol. The van der Waals surface area contributed by atoms with E-state index in [-0.39, 0.29) is 35.5 Å². The number of methoxy groups -OCH3 is 1. The Bertz CT molecular complexity index is 605. The van der Waals surface area contributed by atoms with E-state index in [4.69, 9.17) is 4.74 Å². The molecule has 0 aromatic heterocycles. The molecule has 116 valence electrons. The van der Waals surface area contributed by atoms with Gasteiger partial charge in [-0.25, -0.2) is 0 Å². The normalized spacial score (nSPS) is 28.6. The number of aryl methyl sites for hydroxylation is 1. The van der Waals surface area contributed by atoms with E-state index in [1.807, 2.05) is 30.3 Å². The summed E-state index contributed by atoms with van der Waals surface area (Å²) in [5, 5.41) is 2.95. The number of anilines is 1. The van der Waals surface area contributed by atoms with Crippen molar-refractivity contribution < 1.29 is 14.3 Å². The Kier molecular flexibility index (Phi) is 4.01. The summed E-state index contributed by atoms with van der Waals surface area (Å²) in [5.74, 6) is -0.766. The summed E-state index contributed by atoms with van der Waals surface area (Å²) in [6.07, 6.45) is 5.95. The van der Waals surface area contributed by atoms with E-state index in [9.17, 15) is 9.59 Å². The SMILES string of the molecule is CCc1ccc(NC(=O)[C@H]2[C@@H](C(=O)OC)[C@H]3C=C[C@@H]2C3)cc1. The fourth-order valence-electron chi connectivity index (χ4n) is 3.69. The topological polar surface area (TPSA) is 55.4 Å². The van der Waals surface area contributed by atoms with E-state index < -0.39 is 0 Å². The minimum atomic E-state index is -0.352. The van der Waals surface area contributed by atoms with Gasteiger partial charge in [-0.1, -0.05) is 31.2 Å². The number of ether oxygens (including phenoxy) is 1. The minimum absolute atomic E-state index is 0.0866. The molecule has 2 aliphatic carbocycles. The maximum Gasteiger partial charge on any atom is 0.310 e. The fraction of sp³-hybridized carbons (Fsp3) is 0.444. The van der Waals surface area contributed by atoms with Crippen molar-refractivity contribution in [1.29, 1.82) is 0 Å². The van der Waals surface area contributed by atoms with Crippen LogP contribution in [0.25, 0.3) is 0 Å². The van der Waals surface area contributed by atoms with Crippen LogP contribution in [0.5, 0.6) is 0 Å². The van der Waals surface area contributed by atoms with Gasteiger partial charge in [-0.15, -0.1) is 0 Å². The fourth-order valence-corrected chi connectivity index (χ4v) is 3.69. The highest BCUT2D eigenvalue weighted by Gasteiger charge is 2.52. The van der Waals surface area contributed by atoms with Crippen molar-refractivity contribution in [3.05, 3.63) is 42.0 Å². The number of hydrogen-bond acceptors (Lipinski definition) is 3. The van der Waals surface area contributed by atoms with Crippen LogP contribution in [0.4, 0.5) is 5.69 Å². The molecule has 1 N–H and O–H groups in total.